The fraction of sp³-hybridized carbons (Fsp3) is 0.294. The van der Waals surface area contributed by atoms with Gasteiger partial charge in [0.05, 0.1) is 12.2 Å². The maximum absolute atomic E-state index is 13.6. The van der Waals surface area contributed by atoms with Crippen LogP contribution in [0.5, 0.6) is 5.75 Å². The first-order valence-electron chi connectivity index (χ1n) is 7.01. The molecule has 0 aliphatic heterocycles. The monoisotopic (exact) mass is 290 g/mol. The smallest absolute Gasteiger partial charge is 0.162 e. The van der Waals surface area contributed by atoms with Gasteiger partial charge >= 0.3 is 0 Å². The van der Waals surface area contributed by atoms with Gasteiger partial charge in [-0.05, 0) is 42.2 Å². The van der Waals surface area contributed by atoms with Crippen LogP contribution >= 0.6 is 0 Å². The average molecular weight is 290 g/mol. The normalized spacial score (nSPS) is 15.8. The Morgan fingerprint density at radius 1 is 1.14 bits per heavy atom. The van der Waals surface area contributed by atoms with Crippen LogP contribution in [0, 0.1) is 11.6 Å². The molecule has 0 spiro atoms. The van der Waals surface area contributed by atoms with Crippen molar-refractivity contribution >= 4 is 0 Å². The van der Waals surface area contributed by atoms with E-state index >= 15 is 0 Å². The van der Waals surface area contributed by atoms with Crippen LogP contribution < -0.4 is 4.74 Å². The van der Waals surface area contributed by atoms with Gasteiger partial charge in [-0.3, -0.25) is 0 Å². The highest BCUT2D eigenvalue weighted by Crippen LogP contribution is 2.29. The standard InChI is InChI=1S/C17H16F2O2/c18-15-6-2-4-12(17(15)19)10-16(20)11-3-1-5-14(9-11)21-13-7-8-13/h1-6,9,13,16,20H,7-8,10H2. The van der Waals surface area contributed by atoms with Gasteiger partial charge in [0.2, 0.25) is 0 Å². The number of hydrogen-bond donors (Lipinski definition) is 1. The summed E-state index contributed by atoms with van der Waals surface area (Å²) in [6.07, 6.45) is 1.51. The summed E-state index contributed by atoms with van der Waals surface area (Å²) in [5.74, 6) is -1.10. The summed E-state index contributed by atoms with van der Waals surface area (Å²) in [7, 11) is 0. The molecule has 1 N–H and O–H groups in total. The Hall–Kier alpha value is -1.94. The van der Waals surface area contributed by atoms with Crippen molar-refractivity contribution in [3.05, 3.63) is 65.2 Å². The number of hydrogen-bond acceptors (Lipinski definition) is 2. The summed E-state index contributed by atoms with van der Waals surface area (Å²) in [5.41, 5.74) is 0.799. The van der Waals surface area contributed by atoms with Crippen molar-refractivity contribution in [2.24, 2.45) is 0 Å². The van der Waals surface area contributed by atoms with Gasteiger partial charge in [0.25, 0.3) is 0 Å². The van der Waals surface area contributed by atoms with Gasteiger partial charge < -0.3 is 9.84 Å². The highest BCUT2D eigenvalue weighted by molar-refractivity contribution is 5.32. The van der Waals surface area contributed by atoms with E-state index in [2.05, 4.69) is 0 Å². The van der Waals surface area contributed by atoms with Crippen molar-refractivity contribution in [1.29, 1.82) is 0 Å². The van der Waals surface area contributed by atoms with Crippen LogP contribution in [-0.2, 0) is 6.42 Å². The van der Waals surface area contributed by atoms with E-state index in [1.165, 1.54) is 12.1 Å². The minimum atomic E-state index is -0.901. The lowest BCUT2D eigenvalue weighted by atomic mass is 10.0. The highest BCUT2D eigenvalue weighted by Gasteiger charge is 2.23. The van der Waals surface area contributed by atoms with Crippen LogP contribution in [0.25, 0.3) is 0 Å². The zero-order chi connectivity index (χ0) is 14.8. The number of rotatable bonds is 5. The van der Waals surface area contributed by atoms with E-state index in [0.29, 0.717) is 11.3 Å². The first kappa shape index (κ1) is 14.0. The average Bonchev–Trinajstić information content (AvgIpc) is 3.28. The molecular weight excluding hydrogens is 274 g/mol. The van der Waals surface area contributed by atoms with Gasteiger partial charge in [0, 0.05) is 6.42 Å². The minimum absolute atomic E-state index is 0.0243. The van der Waals surface area contributed by atoms with Gasteiger partial charge in [0.15, 0.2) is 11.6 Å². The summed E-state index contributed by atoms with van der Waals surface area (Å²) in [4.78, 5) is 0. The second-order valence-corrected chi connectivity index (χ2v) is 5.32. The second kappa shape index (κ2) is 5.82. The molecule has 1 atom stereocenters. The van der Waals surface area contributed by atoms with Gasteiger partial charge in [-0.2, -0.15) is 0 Å². The first-order chi connectivity index (χ1) is 10.1. The number of aliphatic hydroxyl groups excluding tert-OH is 1. The third-order valence-corrected chi connectivity index (χ3v) is 3.51. The topological polar surface area (TPSA) is 29.5 Å². The molecule has 1 aliphatic rings. The molecule has 0 heterocycles. The van der Waals surface area contributed by atoms with Crippen molar-refractivity contribution in [3.63, 3.8) is 0 Å². The molecule has 2 nitrogen and oxygen atoms in total. The molecule has 1 aliphatic carbocycles. The first-order valence-corrected chi connectivity index (χ1v) is 7.01. The predicted molar refractivity (Wildman–Crippen MR) is 75.1 cm³/mol. The molecule has 2 aromatic carbocycles. The SMILES string of the molecule is OC(Cc1cccc(F)c1F)c1cccc(OC2CC2)c1. The molecule has 0 saturated heterocycles. The van der Waals surface area contributed by atoms with E-state index in [9.17, 15) is 13.9 Å². The Morgan fingerprint density at radius 2 is 1.90 bits per heavy atom. The van der Waals surface area contributed by atoms with Crippen LogP contribution in [0.1, 0.15) is 30.1 Å². The molecule has 0 aromatic heterocycles. The van der Waals surface area contributed by atoms with Crippen molar-refractivity contribution in [2.75, 3.05) is 0 Å². The van der Waals surface area contributed by atoms with Crippen LogP contribution in [0.2, 0.25) is 0 Å². The molecule has 1 unspecified atom stereocenters. The Kier molecular flexibility index (Phi) is 3.88. The molecule has 110 valence electrons. The fourth-order valence-corrected chi connectivity index (χ4v) is 2.21. The summed E-state index contributed by atoms with van der Waals surface area (Å²) in [6, 6.07) is 11.1. The lowest BCUT2D eigenvalue weighted by molar-refractivity contribution is 0.176. The lowest BCUT2D eigenvalue weighted by Gasteiger charge is -2.13. The lowest BCUT2D eigenvalue weighted by Crippen LogP contribution is -2.05. The van der Waals surface area contributed by atoms with E-state index in [-0.39, 0.29) is 18.1 Å². The van der Waals surface area contributed by atoms with Crippen molar-refractivity contribution in [3.8, 4) is 5.75 Å². The van der Waals surface area contributed by atoms with Crippen LogP contribution in [-0.4, -0.2) is 11.2 Å². The number of halogens is 2. The maximum Gasteiger partial charge on any atom is 0.162 e. The third-order valence-electron chi connectivity index (χ3n) is 3.51. The summed E-state index contributed by atoms with van der Waals surface area (Å²) >= 11 is 0. The molecule has 0 radical (unpaired) electrons. The molecule has 21 heavy (non-hydrogen) atoms. The van der Waals surface area contributed by atoms with Crippen molar-refractivity contribution in [1.82, 2.24) is 0 Å². The largest absolute Gasteiger partial charge is 0.490 e. The molecular formula is C17H16F2O2. The molecule has 2 aromatic rings. The molecule has 1 fully saturated rings. The van der Waals surface area contributed by atoms with Crippen molar-refractivity contribution in [2.45, 2.75) is 31.5 Å². The molecule has 4 heteroatoms. The second-order valence-electron chi connectivity index (χ2n) is 5.32. The van der Waals surface area contributed by atoms with Gasteiger partial charge in [-0.1, -0.05) is 24.3 Å². The summed E-state index contributed by atoms with van der Waals surface area (Å²) < 4.78 is 32.5. The zero-order valence-corrected chi connectivity index (χ0v) is 11.4. The number of benzene rings is 2. The van der Waals surface area contributed by atoms with Crippen LogP contribution in [0.15, 0.2) is 42.5 Å². The minimum Gasteiger partial charge on any atom is -0.490 e. The van der Waals surface area contributed by atoms with Crippen molar-refractivity contribution < 1.29 is 18.6 Å². The quantitative estimate of drug-likeness (QED) is 0.908. The maximum atomic E-state index is 13.6. The predicted octanol–water partition coefficient (Wildman–Crippen LogP) is 3.78. The van der Waals surface area contributed by atoms with E-state index in [1.54, 1.807) is 18.2 Å². The van der Waals surface area contributed by atoms with Gasteiger partial charge in [-0.25, -0.2) is 8.78 Å². The summed E-state index contributed by atoms with van der Waals surface area (Å²) in [5, 5.41) is 10.2. The van der Waals surface area contributed by atoms with Crippen LogP contribution in [0.4, 0.5) is 8.78 Å². The Morgan fingerprint density at radius 3 is 2.67 bits per heavy atom. The highest BCUT2D eigenvalue weighted by atomic mass is 19.2. The Bertz CT molecular complexity index is 638. The van der Waals surface area contributed by atoms with E-state index in [1.807, 2.05) is 6.07 Å². The van der Waals surface area contributed by atoms with E-state index < -0.39 is 17.7 Å². The summed E-state index contributed by atoms with van der Waals surface area (Å²) in [6.45, 7) is 0. The zero-order valence-electron chi connectivity index (χ0n) is 11.4. The molecule has 0 bridgehead atoms. The van der Waals surface area contributed by atoms with Gasteiger partial charge in [0.1, 0.15) is 5.75 Å². The molecule has 3 rings (SSSR count). The van der Waals surface area contributed by atoms with Gasteiger partial charge in [-0.15, -0.1) is 0 Å². The third kappa shape index (κ3) is 3.39. The molecule has 0 amide bonds. The Labute approximate surface area is 122 Å². The van der Waals surface area contributed by atoms with E-state index in [0.717, 1.165) is 18.9 Å². The number of ether oxygens (including phenoxy) is 1. The van der Waals surface area contributed by atoms with Crippen LogP contribution in [0.3, 0.4) is 0 Å². The number of aliphatic hydroxyl groups is 1. The fourth-order valence-electron chi connectivity index (χ4n) is 2.21. The van der Waals surface area contributed by atoms with E-state index in [4.69, 9.17) is 4.74 Å². The molecule has 1 saturated carbocycles. The Balaban J connectivity index is 1.75.